The zero-order valence-electron chi connectivity index (χ0n) is 19.4. The number of amides is 1. The summed E-state index contributed by atoms with van der Waals surface area (Å²) in [5.74, 6) is -0.00499. The van der Waals surface area contributed by atoms with Gasteiger partial charge in [0.15, 0.2) is 0 Å². The molecule has 2 unspecified atom stereocenters. The van der Waals surface area contributed by atoms with Crippen molar-refractivity contribution in [1.82, 2.24) is 10.2 Å². The van der Waals surface area contributed by atoms with Crippen molar-refractivity contribution in [2.75, 3.05) is 42.5 Å². The van der Waals surface area contributed by atoms with Crippen LogP contribution in [0.1, 0.15) is 34.6 Å². The Kier molecular flexibility index (Phi) is 6.05. The van der Waals surface area contributed by atoms with Crippen LogP contribution in [0.15, 0.2) is 78.9 Å². The van der Waals surface area contributed by atoms with E-state index in [1.807, 2.05) is 36.4 Å². The van der Waals surface area contributed by atoms with Crippen LogP contribution >= 0.6 is 0 Å². The van der Waals surface area contributed by atoms with E-state index in [9.17, 15) is 4.79 Å². The summed E-state index contributed by atoms with van der Waals surface area (Å²) in [7, 11) is 0. The number of aryl methyl sites for hydroxylation is 1. The number of hydrogen-bond donors (Lipinski definition) is 1. The molecule has 2 aliphatic heterocycles. The maximum absolute atomic E-state index is 12.9. The number of para-hydroxylation sites is 1. The Hall–Kier alpha value is -3.31. The van der Waals surface area contributed by atoms with Gasteiger partial charge >= 0.3 is 0 Å². The van der Waals surface area contributed by atoms with Gasteiger partial charge in [0, 0.05) is 44.5 Å². The predicted molar refractivity (Wildman–Crippen MR) is 135 cm³/mol. The number of nitrogens with zero attached hydrogens (tertiary/aromatic N) is 3. The summed E-state index contributed by atoms with van der Waals surface area (Å²) in [6, 6.07) is 27.3. The summed E-state index contributed by atoms with van der Waals surface area (Å²) >= 11 is 0. The van der Waals surface area contributed by atoms with E-state index in [1.165, 1.54) is 11.3 Å². The summed E-state index contributed by atoms with van der Waals surface area (Å²) in [5, 5.41) is 3.25. The number of hydrogen-bond acceptors (Lipinski definition) is 4. The lowest BCUT2D eigenvalue weighted by atomic mass is 10.0. The molecule has 5 rings (SSSR count). The van der Waals surface area contributed by atoms with Gasteiger partial charge in [0.05, 0.1) is 11.3 Å². The highest BCUT2D eigenvalue weighted by atomic mass is 16.2. The molecule has 2 heterocycles. The highest BCUT2D eigenvalue weighted by Gasteiger charge is 2.35. The molecule has 3 aromatic carbocycles. The smallest absolute Gasteiger partial charge is 0.255 e. The Balaban J connectivity index is 1.33. The number of carbonyl (C=O) groups excluding carboxylic acids is 1. The van der Waals surface area contributed by atoms with Crippen molar-refractivity contribution in [2.45, 2.75) is 26.1 Å². The first-order chi connectivity index (χ1) is 16.1. The number of benzene rings is 3. The lowest BCUT2D eigenvalue weighted by Crippen LogP contribution is -2.55. The summed E-state index contributed by atoms with van der Waals surface area (Å²) in [4.78, 5) is 20.3. The fraction of sp³-hybridized carbons (Fsp3) is 0.321. The fourth-order valence-electron chi connectivity index (χ4n) is 5.08. The number of nitrogens with one attached hydrogen (secondary N) is 1. The highest BCUT2D eigenvalue weighted by Crippen LogP contribution is 2.35. The van der Waals surface area contributed by atoms with E-state index in [-0.39, 0.29) is 18.1 Å². The van der Waals surface area contributed by atoms with Crippen LogP contribution in [0.3, 0.4) is 0 Å². The van der Waals surface area contributed by atoms with Gasteiger partial charge in [-0.05, 0) is 43.7 Å². The van der Waals surface area contributed by atoms with Crippen LogP contribution in [0.5, 0.6) is 0 Å². The summed E-state index contributed by atoms with van der Waals surface area (Å²) in [6.07, 6.45) is -0.169. The first kappa shape index (κ1) is 21.5. The van der Waals surface area contributed by atoms with Crippen molar-refractivity contribution >= 4 is 17.3 Å². The molecule has 3 aromatic rings. The van der Waals surface area contributed by atoms with Gasteiger partial charge in [-0.3, -0.25) is 9.69 Å². The maximum Gasteiger partial charge on any atom is 0.255 e. The molecule has 33 heavy (non-hydrogen) atoms. The van der Waals surface area contributed by atoms with Gasteiger partial charge in [-0.1, -0.05) is 60.2 Å². The van der Waals surface area contributed by atoms with Crippen molar-refractivity contribution in [1.29, 1.82) is 0 Å². The van der Waals surface area contributed by atoms with Gasteiger partial charge in [-0.15, -0.1) is 0 Å². The zero-order valence-corrected chi connectivity index (χ0v) is 19.4. The van der Waals surface area contributed by atoms with Crippen LogP contribution in [0, 0.1) is 6.92 Å². The third-order valence-electron chi connectivity index (χ3n) is 6.86. The van der Waals surface area contributed by atoms with E-state index in [0.29, 0.717) is 0 Å². The Labute approximate surface area is 196 Å². The van der Waals surface area contributed by atoms with Crippen molar-refractivity contribution in [2.24, 2.45) is 0 Å². The van der Waals surface area contributed by atoms with Crippen LogP contribution in [0.25, 0.3) is 0 Å². The molecule has 0 aromatic heterocycles. The highest BCUT2D eigenvalue weighted by molar-refractivity contribution is 6.02. The molecule has 2 atom stereocenters. The second kappa shape index (κ2) is 9.28. The molecule has 2 aliphatic rings. The Morgan fingerprint density at radius 3 is 2.27 bits per heavy atom. The van der Waals surface area contributed by atoms with Gasteiger partial charge in [0.2, 0.25) is 0 Å². The molecule has 1 saturated heterocycles. The molecule has 1 fully saturated rings. The molecule has 0 bridgehead atoms. The standard InChI is InChI=1S/C28H32N4O/c1-21-12-14-24(15-13-21)31-18-16-30(17-19-31)20-22(2)32-26-11-7-6-10-25(26)28(33)29-27(32)23-8-4-3-5-9-23/h3-15,22,27H,16-20H2,1-2H3,(H,29,33). The van der Waals surface area contributed by atoms with Crippen LogP contribution < -0.4 is 15.1 Å². The second-order valence-electron chi connectivity index (χ2n) is 9.18. The molecular weight excluding hydrogens is 408 g/mol. The number of fused-ring (bicyclic) bond motifs is 1. The van der Waals surface area contributed by atoms with E-state index in [2.05, 4.69) is 76.3 Å². The summed E-state index contributed by atoms with van der Waals surface area (Å²) in [6.45, 7) is 9.50. The minimum Gasteiger partial charge on any atom is -0.369 e. The normalized spacial score (nSPS) is 19.7. The molecule has 5 nitrogen and oxygen atoms in total. The van der Waals surface area contributed by atoms with Crippen LogP contribution in [0.2, 0.25) is 0 Å². The fourth-order valence-corrected chi connectivity index (χ4v) is 5.08. The van der Waals surface area contributed by atoms with Crippen molar-refractivity contribution < 1.29 is 4.79 Å². The second-order valence-corrected chi connectivity index (χ2v) is 9.18. The molecule has 0 spiro atoms. The van der Waals surface area contributed by atoms with Crippen molar-refractivity contribution in [3.63, 3.8) is 0 Å². The molecular formula is C28H32N4O. The van der Waals surface area contributed by atoms with Gasteiger partial charge in [-0.2, -0.15) is 0 Å². The van der Waals surface area contributed by atoms with Gasteiger partial charge in [0.25, 0.3) is 5.91 Å². The first-order valence-electron chi connectivity index (χ1n) is 11.9. The largest absolute Gasteiger partial charge is 0.369 e. The summed E-state index contributed by atoms with van der Waals surface area (Å²) < 4.78 is 0. The first-order valence-corrected chi connectivity index (χ1v) is 11.9. The lowest BCUT2D eigenvalue weighted by molar-refractivity contribution is 0.0922. The van der Waals surface area contributed by atoms with Gasteiger partial charge in [0.1, 0.15) is 6.17 Å². The minimum atomic E-state index is -0.169. The third kappa shape index (κ3) is 4.46. The maximum atomic E-state index is 12.9. The lowest BCUT2D eigenvalue weighted by Gasteiger charge is -2.45. The topological polar surface area (TPSA) is 38.8 Å². The Morgan fingerprint density at radius 1 is 0.879 bits per heavy atom. The number of rotatable bonds is 5. The molecule has 0 aliphatic carbocycles. The van der Waals surface area contributed by atoms with E-state index in [4.69, 9.17) is 0 Å². The zero-order chi connectivity index (χ0) is 22.8. The predicted octanol–water partition coefficient (Wildman–Crippen LogP) is 4.45. The SMILES string of the molecule is Cc1ccc(N2CCN(CC(C)N3c4ccccc4C(=O)NC3c3ccccc3)CC2)cc1. The molecule has 1 N–H and O–H groups in total. The van der Waals surface area contributed by atoms with Crippen molar-refractivity contribution in [3.05, 3.63) is 95.6 Å². The average molecular weight is 441 g/mol. The molecule has 0 saturated carbocycles. The third-order valence-corrected chi connectivity index (χ3v) is 6.86. The van der Waals surface area contributed by atoms with E-state index in [1.54, 1.807) is 0 Å². The number of carbonyl (C=O) groups is 1. The number of anilines is 2. The molecule has 1 amide bonds. The Morgan fingerprint density at radius 2 is 1.55 bits per heavy atom. The molecule has 5 heteroatoms. The summed E-state index contributed by atoms with van der Waals surface area (Å²) in [5.41, 5.74) is 5.48. The minimum absolute atomic E-state index is 0.00499. The van der Waals surface area contributed by atoms with Crippen LogP contribution in [-0.2, 0) is 0 Å². The van der Waals surface area contributed by atoms with E-state index in [0.717, 1.165) is 49.5 Å². The van der Waals surface area contributed by atoms with Gasteiger partial charge in [-0.25, -0.2) is 0 Å². The number of piperazine rings is 1. The monoisotopic (exact) mass is 440 g/mol. The quantitative estimate of drug-likeness (QED) is 0.636. The van der Waals surface area contributed by atoms with Crippen LogP contribution in [-0.4, -0.2) is 49.6 Å². The van der Waals surface area contributed by atoms with E-state index >= 15 is 0 Å². The van der Waals surface area contributed by atoms with Gasteiger partial charge < -0.3 is 15.1 Å². The van der Waals surface area contributed by atoms with Crippen molar-refractivity contribution in [3.8, 4) is 0 Å². The average Bonchev–Trinajstić information content (AvgIpc) is 2.85. The molecule has 170 valence electrons. The Bertz CT molecular complexity index is 1090. The molecule has 0 radical (unpaired) electrons. The van der Waals surface area contributed by atoms with E-state index < -0.39 is 0 Å². The van der Waals surface area contributed by atoms with Crippen LogP contribution in [0.4, 0.5) is 11.4 Å².